The van der Waals surface area contributed by atoms with Crippen LogP contribution in [0.5, 0.6) is 0 Å². The van der Waals surface area contributed by atoms with Crippen molar-refractivity contribution in [1.29, 1.82) is 0 Å². The lowest BCUT2D eigenvalue weighted by atomic mass is 9.92. The van der Waals surface area contributed by atoms with Crippen molar-refractivity contribution in [3.8, 4) is 0 Å². The van der Waals surface area contributed by atoms with E-state index in [-0.39, 0.29) is 11.5 Å². The fourth-order valence-corrected chi connectivity index (χ4v) is 4.07. The van der Waals surface area contributed by atoms with Gasteiger partial charge in [0.25, 0.3) is 0 Å². The molecule has 1 heterocycles. The summed E-state index contributed by atoms with van der Waals surface area (Å²) in [6.45, 7) is 8.13. The highest BCUT2D eigenvalue weighted by Crippen LogP contribution is 2.25. The van der Waals surface area contributed by atoms with E-state index >= 15 is 0 Å². The summed E-state index contributed by atoms with van der Waals surface area (Å²) in [5.41, 5.74) is 3.53. The van der Waals surface area contributed by atoms with Crippen molar-refractivity contribution in [3.05, 3.63) is 58.7 Å². The number of hydrogen-bond acceptors (Lipinski definition) is 4. The fourth-order valence-electron chi connectivity index (χ4n) is 3.50. The van der Waals surface area contributed by atoms with Crippen LogP contribution in [0.1, 0.15) is 68.5 Å². The number of hydrogen-bond donors (Lipinski definition) is 1. The van der Waals surface area contributed by atoms with Gasteiger partial charge in [-0.3, -0.25) is 14.5 Å². The quantitative estimate of drug-likeness (QED) is 0.514. The van der Waals surface area contributed by atoms with Gasteiger partial charge in [-0.25, -0.2) is 12.8 Å². The summed E-state index contributed by atoms with van der Waals surface area (Å²) in [6, 6.07) is 8.19. The molecule has 0 spiro atoms. The molecule has 31 heavy (non-hydrogen) atoms. The van der Waals surface area contributed by atoms with Crippen molar-refractivity contribution in [1.82, 2.24) is 4.98 Å². The maximum absolute atomic E-state index is 14.3. The molecule has 1 atom stereocenters. The van der Waals surface area contributed by atoms with Gasteiger partial charge in [0.2, 0.25) is 10.0 Å². The summed E-state index contributed by atoms with van der Waals surface area (Å²) in [5.74, 6) is -0.519. The predicted molar refractivity (Wildman–Crippen MR) is 123 cm³/mol. The van der Waals surface area contributed by atoms with Crippen LogP contribution < -0.4 is 4.72 Å². The van der Waals surface area contributed by atoms with Crippen LogP contribution in [0.25, 0.3) is 0 Å². The summed E-state index contributed by atoms with van der Waals surface area (Å²) >= 11 is 0. The van der Waals surface area contributed by atoms with Gasteiger partial charge in [0.1, 0.15) is 11.6 Å². The lowest BCUT2D eigenvalue weighted by molar-refractivity contribution is -0.120. The van der Waals surface area contributed by atoms with Crippen molar-refractivity contribution >= 4 is 21.5 Å². The number of carbonyl (C=O) groups is 1. The SMILES string of the molecule is Cc1ccc(CCC(=O)C(C)c2ccc(NS(C)(=O)=O)c(F)c2)c(CCCC(C)C)n1. The van der Waals surface area contributed by atoms with Gasteiger partial charge in [0, 0.05) is 23.7 Å². The normalized spacial score (nSPS) is 12.7. The van der Waals surface area contributed by atoms with Gasteiger partial charge in [-0.15, -0.1) is 0 Å². The zero-order valence-electron chi connectivity index (χ0n) is 19.0. The smallest absolute Gasteiger partial charge is 0.229 e. The molecule has 5 nitrogen and oxygen atoms in total. The van der Waals surface area contributed by atoms with E-state index in [0.29, 0.717) is 24.3 Å². The molecule has 0 bridgehead atoms. The van der Waals surface area contributed by atoms with Crippen LogP contribution in [-0.2, 0) is 27.7 Å². The Balaban J connectivity index is 2.05. The fraction of sp³-hybridized carbons (Fsp3) is 0.500. The third-order valence-corrected chi connectivity index (χ3v) is 5.91. The number of aryl methyl sites for hydroxylation is 3. The number of carbonyl (C=O) groups excluding carboxylic acids is 1. The predicted octanol–water partition coefficient (Wildman–Crippen LogP) is 5.18. The lowest BCUT2D eigenvalue weighted by Crippen LogP contribution is -2.13. The highest BCUT2D eigenvalue weighted by molar-refractivity contribution is 7.92. The van der Waals surface area contributed by atoms with Crippen LogP contribution >= 0.6 is 0 Å². The minimum absolute atomic E-state index is 0.0110. The first-order valence-corrected chi connectivity index (χ1v) is 12.6. The second kappa shape index (κ2) is 10.8. The van der Waals surface area contributed by atoms with Crippen molar-refractivity contribution in [2.45, 2.75) is 65.7 Å². The van der Waals surface area contributed by atoms with Crippen molar-refractivity contribution in [3.63, 3.8) is 0 Å². The first kappa shape index (κ1) is 25.0. The number of nitrogens with one attached hydrogen (secondary N) is 1. The number of aromatic nitrogens is 1. The molecule has 2 rings (SSSR count). The van der Waals surface area contributed by atoms with Gasteiger partial charge in [-0.1, -0.05) is 39.3 Å². The first-order valence-electron chi connectivity index (χ1n) is 10.7. The van der Waals surface area contributed by atoms with Gasteiger partial charge in [0.05, 0.1) is 11.9 Å². The van der Waals surface area contributed by atoms with Crippen LogP contribution in [0.4, 0.5) is 10.1 Å². The van der Waals surface area contributed by atoms with Gasteiger partial charge in [0.15, 0.2) is 0 Å². The monoisotopic (exact) mass is 448 g/mol. The topological polar surface area (TPSA) is 76.1 Å². The van der Waals surface area contributed by atoms with E-state index in [0.717, 1.165) is 42.5 Å². The Bertz CT molecular complexity index is 1020. The van der Waals surface area contributed by atoms with Gasteiger partial charge >= 0.3 is 0 Å². The van der Waals surface area contributed by atoms with E-state index in [4.69, 9.17) is 0 Å². The zero-order valence-corrected chi connectivity index (χ0v) is 19.9. The Morgan fingerprint density at radius 3 is 2.45 bits per heavy atom. The number of benzene rings is 1. The summed E-state index contributed by atoms with van der Waals surface area (Å²) in [5, 5.41) is 0. The van der Waals surface area contributed by atoms with E-state index < -0.39 is 21.8 Å². The third-order valence-electron chi connectivity index (χ3n) is 5.31. The lowest BCUT2D eigenvalue weighted by Gasteiger charge is -2.14. The summed E-state index contributed by atoms with van der Waals surface area (Å²) in [6.07, 6.45) is 5.01. The molecular weight excluding hydrogens is 415 g/mol. The molecule has 2 aromatic rings. The number of rotatable bonds is 11. The molecule has 1 unspecified atom stereocenters. The number of Topliss-reactive ketones (excluding diaryl/α,β-unsaturated/α-hetero) is 1. The Labute approximate surface area is 185 Å². The Morgan fingerprint density at radius 1 is 1.13 bits per heavy atom. The highest BCUT2D eigenvalue weighted by atomic mass is 32.2. The molecule has 0 aliphatic carbocycles. The standard InChI is InChI=1S/C24H33FN2O3S/c1-16(2)7-6-8-22-19(10-9-17(3)26-22)12-14-24(28)18(4)20-11-13-23(21(25)15-20)27-31(5,29)30/h9-11,13,15-16,18,27H,6-8,12,14H2,1-5H3. The zero-order chi connectivity index (χ0) is 23.2. The number of ketones is 1. The third kappa shape index (κ3) is 8.05. The van der Waals surface area contributed by atoms with Gasteiger partial charge in [-0.2, -0.15) is 0 Å². The summed E-state index contributed by atoms with van der Waals surface area (Å²) < 4.78 is 39.0. The minimum Gasteiger partial charge on any atom is -0.299 e. The Morgan fingerprint density at radius 2 is 1.84 bits per heavy atom. The number of halogens is 1. The van der Waals surface area contributed by atoms with E-state index in [1.54, 1.807) is 13.0 Å². The van der Waals surface area contributed by atoms with Crippen LogP contribution in [0.3, 0.4) is 0 Å². The van der Waals surface area contributed by atoms with Crippen molar-refractivity contribution < 1.29 is 17.6 Å². The second-order valence-corrected chi connectivity index (χ2v) is 10.4. The summed E-state index contributed by atoms with van der Waals surface area (Å²) in [4.78, 5) is 17.5. The molecule has 0 radical (unpaired) electrons. The largest absolute Gasteiger partial charge is 0.299 e. The van der Waals surface area contributed by atoms with Crippen molar-refractivity contribution in [2.24, 2.45) is 5.92 Å². The van der Waals surface area contributed by atoms with E-state index in [1.165, 1.54) is 12.1 Å². The first-order chi connectivity index (χ1) is 14.5. The molecule has 7 heteroatoms. The van der Waals surface area contributed by atoms with E-state index in [9.17, 15) is 17.6 Å². The number of sulfonamides is 1. The molecule has 170 valence electrons. The molecule has 0 aliphatic rings. The molecular formula is C24H33FN2O3S. The van der Waals surface area contributed by atoms with Crippen LogP contribution in [0, 0.1) is 18.7 Å². The average molecular weight is 449 g/mol. The average Bonchev–Trinajstić information content (AvgIpc) is 2.67. The van der Waals surface area contributed by atoms with Crippen LogP contribution in [-0.4, -0.2) is 25.4 Å². The molecule has 0 amide bonds. The minimum atomic E-state index is -3.57. The van der Waals surface area contributed by atoms with E-state index in [1.807, 2.05) is 13.0 Å². The van der Waals surface area contributed by atoms with Crippen LogP contribution in [0.15, 0.2) is 30.3 Å². The highest BCUT2D eigenvalue weighted by Gasteiger charge is 2.18. The molecule has 0 saturated carbocycles. The van der Waals surface area contributed by atoms with Crippen LogP contribution in [0.2, 0.25) is 0 Å². The number of anilines is 1. The number of nitrogens with zero attached hydrogens (tertiary/aromatic N) is 1. The second-order valence-electron chi connectivity index (χ2n) is 8.65. The molecule has 0 aliphatic heterocycles. The maximum atomic E-state index is 14.3. The van der Waals surface area contributed by atoms with E-state index in [2.05, 4.69) is 29.6 Å². The molecule has 1 aromatic heterocycles. The van der Waals surface area contributed by atoms with Gasteiger partial charge in [-0.05, 0) is 61.4 Å². The Hall–Kier alpha value is -2.28. The molecule has 0 fully saturated rings. The Kier molecular flexibility index (Phi) is 8.74. The van der Waals surface area contributed by atoms with Crippen molar-refractivity contribution in [2.75, 3.05) is 11.0 Å². The maximum Gasteiger partial charge on any atom is 0.229 e. The number of pyridine rings is 1. The molecule has 1 aromatic carbocycles. The molecule has 1 N–H and O–H groups in total. The summed E-state index contributed by atoms with van der Waals surface area (Å²) in [7, 11) is -3.57. The van der Waals surface area contributed by atoms with Gasteiger partial charge < -0.3 is 0 Å². The molecule has 0 saturated heterocycles.